The van der Waals surface area contributed by atoms with Crippen LogP contribution in [0.1, 0.15) is 31.2 Å². The molecule has 0 aliphatic heterocycles. The molecule has 4 nitrogen and oxygen atoms in total. The summed E-state index contributed by atoms with van der Waals surface area (Å²) in [5.41, 5.74) is 3.28. The molecule has 0 saturated heterocycles. The summed E-state index contributed by atoms with van der Waals surface area (Å²) < 4.78 is 0. The van der Waals surface area contributed by atoms with Crippen LogP contribution in [0, 0.1) is 13.8 Å². The van der Waals surface area contributed by atoms with Crippen molar-refractivity contribution in [3.8, 4) is 10.4 Å². The zero-order chi connectivity index (χ0) is 17.3. The monoisotopic (exact) mass is 357 g/mol. The Labute approximate surface area is 147 Å². The van der Waals surface area contributed by atoms with Gasteiger partial charge in [-0.2, -0.15) is 0 Å². The number of thiophene rings is 2. The average Bonchev–Trinajstić information content (AvgIpc) is 3.14. The number of carbonyl (C=O) groups excluding carboxylic acids is 1. The van der Waals surface area contributed by atoms with Crippen LogP contribution in [-0.2, 0) is 0 Å². The van der Waals surface area contributed by atoms with Crippen molar-refractivity contribution < 1.29 is 14.7 Å². The second-order valence-corrected chi connectivity index (χ2v) is 7.21. The third kappa shape index (κ3) is 3.11. The average molecular weight is 357 g/mol. The predicted molar refractivity (Wildman–Crippen MR) is 98.5 cm³/mol. The molecule has 0 saturated carbocycles. The van der Waals surface area contributed by atoms with Crippen LogP contribution >= 0.6 is 22.7 Å². The van der Waals surface area contributed by atoms with Gasteiger partial charge in [-0.3, -0.25) is 4.79 Å². The largest absolute Gasteiger partial charge is 0.478 e. The van der Waals surface area contributed by atoms with Crippen LogP contribution in [0.15, 0.2) is 41.1 Å². The topological polar surface area (TPSA) is 66.4 Å². The highest BCUT2D eigenvalue weighted by atomic mass is 32.1. The molecule has 24 heavy (non-hydrogen) atoms. The molecule has 1 amide bonds. The van der Waals surface area contributed by atoms with E-state index < -0.39 is 5.97 Å². The van der Waals surface area contributed by atoms with Crippen LogP contribution in [0.25, 0.3) is 10.4 Å². The van der Waals surface area contributed by atoms with E-state index in [2.05, 4.69) is 5.32 Å². The Balaban J connectivity index is 1.98. The maximum absolute atomic E-state index is 12.4. The van der Waals surface area contributed by atoms with E-state index in [1.165, 1.54) is 22.7 Å². The summed E-state index contributed by atoms with van der Waals surface area (Å²) in [5.74, 6) is -1.33. The maximum atomic E-state index is 12.4. The van der Waals surface area contributed by atoms with Crippen LogP contribution in [0.3, 0.4) is 0 Å². The first kappa shape index (κ1) is 16.4. The first-order chi connectivity index (χ1) is 11.5. The molecule has 6 heteroatoms. The van der Waals surface area contributed by atoms with Gasteiger partial charge in [-0.15, -0.1) is 22.7 Å². The highest BCUT2D eigenvalue weighted by Gasteiger charge is 2.22. The summed E-state index contributed by atoms with van der Waals surface area (Å²) in [6.45, 7) is 3.83. The Kier molecular flexibility index (Phi) is 4.51. The lowest BCUT2D eigenvalue weighted by Crippen LogP contribution is -2.13. The molecule has 0 bridgehead atoms. The Morgan fingerprint density at radius 2 is 1.75 bits per heavy atom. The van der Waals surface area contributed by atoms with E-state index in [4.69, 9.17) is 0 Å². The Hall–Kier alpha value is -2.44. The van der Waals surface area contributed by atoms with Crippen LogP contribution in [-0.4, -0.2) is 17.0 Å². The fourth-order valence-electron chi connectivity index (χ4n) is 2.36. The smallest absolute Gasteiger partial charge is 0.339 e. The Bertz CT molecular complexity index is 907. The number of nitrogens with one attached hydrogen (secondary N) is 1. The minimum absolute atomic E-state index is 0.131. The van der Waals surface area contributed by atoms with Crippen molar-refractivity contribution in [2.24, 2.45) is 0 Å². The Morgan fingerprint density at radius 1 is 1.04 bits per heavy atom. The SMILES string of the molecule is Cc1ccc(-c2scc(NC(=O)c3sccc3C)c2C(=O)O)cc1. The van der Waals surface area contributed by atoms with E-state index >= 15 is 0 Å². The second kappa shape index (κ2) is 6.59. The third-order valence-electron chi connectivity index (χ3n) is 3.64. The van der Waals surface area contributed by atoms with Crippen LogP contribution < -0.4 is 5.32 Å². The standard InChI is InChI=1S/C18H15NO3S2/c1-10-3-5-12(6-4-10)16-14(18(21)22)13(9-24-16)19-17(20)15-11(2)7-8-23-15/h3-9H,1-2H3,(H,19,20)(H,21,22). The molecule has 0 aliphatic rings. The minimum atomic E-state index is -1.05. The molecule has 1 aromatic carbocycles. The summed E-state index contributed by atoms with van der Waals surface area (Å²) in [6.07, 6.45) is 0. The molecule has 0 radical (unpaired) electrons. The number of aromatic carboxylic acids is 1. The number of aryl methyl sites for hydroxylation is 2. The van der Waals surface area contributed by atoms with Gasteiger partial charge in [0.1, 0.15) is 5.56 Å². The van der Waals surface area contributed by atoms with E-state index in [1.54, 1.807) is 5.38 Å². The molecule has 2 heterocycles. The molecule has 0 atom stereocenters. The molecule has 0 aliphatic carbocycles. The molecular formula is C18H15NO3S2. The zero-order valence-electron chi connectivity index (χ0n) is 13.1. The molecule has 0 fully saturated rings. The summed E-state index contributed by atoms with van der Waals surface area (Å²) >= 11 is 2.65. The van der Waals surface area contributed by atoms with E-state index in [-0.39, 0.29) is 11.5 Å². The van der Waals surface area contributed by atoms with Crippen molar-refractivity contribution in [3.63, 3.8) is 0 Å². The molecule has 3 aromatic rings. The summed E-state index contributed by atoms with van der Waals surface area (Å²) in [4.78, 5) is 25.3. The molecule has 2 N–H and O–H groups in total. The van der Waals surface area contributed by atoms with E-state index in [0.717, 1.165) is 16.7 Å². The number of carboxylic acid groups (broad SMARTS) is 1. The van der Waals surface area contributed by atoms with E-state index in [9.17, 15) is 14.7 Å². The highest BCUT2D eigenvalue weighted by molar-refractivity contribution is 7.14. The maximum Gasteiger partial charge on any atom is 0.339 e. The van der Waals surface area contributed by atoms with Crippen LogP contribution in [0.2, 0.25) is 0 Å². The van der Waals surface area contributed by atoms with E-state index in [1.807, 2.05) is 49.6 Å². The minimum Gasteiger partial charge on any atom is -0.478 e. The van der Waals surface area contributed by atoms with Gasteiger partial charge in [0.15, 0.2) is 0 Å². The number of anilines is 1. The Morgan fingerprint density at radius 3 is 2.33 bits per heavy atom. The van der Waals surface area contributed by atoms with E-state index in [0.29, 0.717) is 15.4 Å². The number of carboxylic acids is 1. The van der Waals surface area contributed by atoms with Crippen molar-refractivity contribution in [1.29, 1.82) is 0 Å². The number of amides is 1. The van der Waals surface area contributed by atoms with Crippen LogP contribution in [0.5, 0.6) is 0 Å². The number of hydrogen-bond acceptors (Lipinski definition) is 4. The van der Waals surface area contributed by atoms with Gasteiger partial charge in [0.05, 0.1) is 15.4 Å². The number of benzene rings is 1. The summed E-state index contributed by atoms with van der Waals surface area (Å²) in [7, 11) is 0. The number of carbonyl (C=O) groups is 2. The molecule has 122 valence electrons. The van der Waals surface area contributed by atoms with Crippen LogP contribution in [0.4, 0.5) is 5.69 Å². The third-order valence-corrected chi connectivity index (χ3v) is 5.68. The van der Waals surface area contributed by atoms with Crippen molar-refractivity contribution in [3.05, 3.63) is 62.7 Å². The first-order valence-electron chi connectivity index (χ1n) is 7.24. The second-order valence-electron chi connectivity index (χ2n) is 5.41. The van der Waals surface area contributed by atoms with Gasteiger partial charge in [0, 0.05) is 5.38 Å². The van der Waals surface area contributed by atoms with Gasteiger partial charge < -0.3 is 10.4 Å². The molecule has 2 aromatic heterocycles. The van der Waals surface area contributed by atoms with Gasteiger partial charge in [-0.05, 0) is 36.4 Å². The lowest BCUT2D eigenvalue weighted by molar-refractivity contribution is 0.0699. The summed E-state index contributed by atoms with van der Waals surface area (Å²) in [5, 5.41) is 15.9. The number of rotatable bonds is 4. The molecular weight excluding hydrogens is 342 g/mol. The van der Waals surface area contributed by atoms with Gasteiger partial charge >= 0.3 is 5.97 Å². The molecule has 0 spiro atoms. The highest BCUT2D eigenvalue weighted by Crippen LogP contribution is 2.36. The van der Waals surface area contributed by atoms with Gasteiger partial charge in [-0.1, -0.05) is 29.8 Å². The molecule has 0 unspecified atom stereocenters. The molecule has 3 rings (SSSR count). The summed E-state index contributed by atoms with van der Waals surface area (Å²) in [6, 6.07) is 9.52. The number of hydrogen-bond donors (Lipinski definition) is 2. The first-order valence-corrected chi connectivity index (χ1v) is 9.00. The fourth-order valence-corrected chi connectivity index (χ4v) is 4.18. The van der Waals surface area contributed by atoms with Gasteiger partial charge in [0.25, 0.3) is 5.91 Å². The van der Waals surface area contributed by atoms with Crippen molar-refractivity contribution >= 4 is 40.2 Å². The predicted octanol–water partition coefficient (Wildman–Crippen LogP) is 5.04. The lowest BCUT2D eigenvalue weighted by atomic mass is 10.1. The fraction of sp³-hybridized carbons (Fsp3) is 0.111. The normalized spacial score (nSPS) is 10.6. The van der Waals surface area contributed by atoms with Crippen molar-refractivity contribution in [1.82, 2.24) is 0 Å². The quantitative estimate of drug-likeness (QED) is 0.687. The van der Waals surface area contributed by atoms with Gasteiger partial charge in [-0.25, -0.2) is 4.79 Å². The lowest BCUT2D eigenvalue weighted by Gasteiger charge is -2.06. The van der Waals surface area contributed by atoms with Gasteiger partial charge in [0.2, 0.25) is 0 Å². The van der Waals surface area contributed by atoms with Crippen molar-refractivity contribution in [2.75, 3.05) is 5.32 Å². The zero-order valence-corrected chi connectivity index (χ0v) is 14.8. The van der Waals surface area contributed by atoms with Crippen molar-refractivity contribution in [2.45, 2.75) is 13.8 Å².